The van der Waals surface area contributed by atoms with E-state index in [-0.39, 0.29) is 35.3 Å². The number of ether oxygens (including phenoxy) is 3. The van der Waals surface area contributed by atoms with E-state index in [2.05, 4.69) is 0 Å². The van der Waals surface area contributed by atoms with Crippen LogP contribution in [0.25, 0.3) is 0 Å². The fourth-order valence-electron chi connectivity index (χ4n) is 2.50. The van der Waals surface area contributed by atoms with Gasteiger partial charge < -0.3 is 19.3 Å². The number of rotatable bonds is 6. The average Bonchev–Trinajstić information content (AvgIpc) is 2.47. The zero-order valence-electron chi connectivity index (χ0n) is 15.3. The lowest BCUT2D eigenvalue weighted by atomic mass is 9.81. The van der Waals surface area contributed by atoms with E-state index in [4.69, 9.17) is 14.2 Å². The van der Waals surface area contributed by atoms with Crippen LogP contribution in [0.1, 0.15) is 48.5 Å². The maximum atomic E-state index is 12.7. The lowest BCUT2D eigenvalue weighted by Crippen LogP contribution is -2.44. The number of methoxy groups -OCH3 is 1. The molecule has 130 valence electrons. The average molecular weight is 324 g/mol. The van der Waals surface area contributed by atoms with Gasteiger partial charge in [-0.05, 0) is 54.0 Å². The van der Waals surface area contributed by atoms with E-state index >= 15 is 0 Å². The second-order valence-corrected chi connectivity index (χ2v) is 6.16. The molecule has 1 aliphatic carbocycles. The predicted molar refractivity (Wildman–Crippen MR) is 88.6 cm³/mol. The summed E-state index contributed by atoms with van der Waals surface area (Å²) in [6.45, 7) is 12.5. The number of hydrogen-bond acceptors (Lipinski definition) is 5. The van der Waals surface area contributed by atoms with E-state index in [0.717, 1.165) is 0 Å². The number of allylic oxidation sites excluding steroid dienone is 2. The summed E-state index contributed by atoms with van der Waals surface area (Å²) >= 11 is 0. The van der Waals surface area contributed by atoms with Gasteiger partial charge in [0.25, 0.3) is 0 Å². The van der Waals surface area contributed by atoms with Crippen molar-refractivity contribution in [2.75, 3.05) is 7.11 Å². The lowest BCUT2D eigenvalue weighted by Gasteiger charge is -2.38. The van der Waals surface area contributed by atoms with Crippen LogP contribution in [-0.2, 0) is 19.0 Å². The number of aliphatic hydroxyl groups is 1. The maximum Gasteiger partial charge on any atom is 0.230 e. The van der Waals surface area contributed by atoms with Crippen molar-refractivity contribution in [3.63, 3.8) is 0 Å². The Kier molecular flexibility index (Phi) is 6.05. The van der Waals surface area contributed by atoms with Gasteiger partial charge in [0, 0.05) is 5.57 Å². The first-order valence-electron chi connectivity index (χ1n) is 7.85. The van der Waals surface area contributed by atoms with Crippen LogP contribution >= 0.6 is 0 Å². The molecule has 1 unspecified atom stereocenters. The number of carbonyl (C=O) groups excluding carboxylic acids is 1. The van der Waals surface area contributed by atoms with Crippen molar-refractivity contribution in [3.8, 4) is 0 Å². The highest BCUT2D eigenvalue weighted by molar-refractivity contribution is 6.09. The van der Waals surface area contributed by atoms with Crippen LogP contribution in [0.5, 0.6) is 0 Å². The van der Waals surface area contributed by atoms with Crippen molar-refractivity contribution in [1.82, 2.24) is 0 Å². The minimum absolute atomic E-state index is 0.0377. The number of carbonyl (C=O) groups is 1. The summed E-state index contributed by atoms with van der Waals surface area (Å²) in [5, 5.41) is 11.4. The summed E-state index contributed by atoms with van der Waals surface area (Å²) < 4.78 is 16.9. The van der Waals surface area contributed by atoms with Gasteiger partial charge in [0.2, 0.25) is 17.1 Å². The molecular formula is C18H28O5. The fourth-order valence-corrected chi connectivity index (χ4v) is 2.50. The first-order chi connectivity index (χ1) is 10.6. The summed E-state index contributed by atoms with van der Waals surface area (Å²) in [5.74, 6) is -0.0374. The summed E-state index contributed by atoms with van der Waals surface area (Å²) in [6.07, 6.45) is 1.29. The molecule has 5 heteroatoms. The molecule has 1 rings (SSSR count). The standard InChI is InChI=1S/C18H28O5/c1-9-12(6)18(20)16(21-8)13(7)14(19)15(22-10(2)3)17(18)23-11(4)5/h9-11,20H,1-8H3/b12-9+. The van der Waals surface area contributed by atoms with Crippen LogP contribution < -0.4 is 0 Å². The molecule has 0 heterocycles. The van der Waals surface area contributed by atoms with Gasteiger partial charge in [-0.1, -0.05) is 6.08 Å². The molecule has 0 aromatic heterocycles. The fraction of sp³-hybridized carbons (Fsp3) is 0.611. The topological polar surface area (TPSA) is 65.0 Å². The molecule has 0 saturated carbocycles. The van der Waals surface area contributed by atoms with Crippen LogP contribution in [0.2, 0.25) is 0 Å². The Labute approximate surface area is 138 Å². The van der Waals surface area contributed by atoms with Gasteiger partial charge in [-0.15, -0.1) is 0 Å². The third kappa shape index (κ3) is 3.44. The summed E-state index contributed by atoms with van der Waals surface area (Å²) in [6, 6.07) is 0. The van der Waals surface area contributed by atoms with Crippen molar-refractivity contribution in [2.24, 2.45) is 0 Å². The van der Waals surface area contributed by atoms with Crippen LogP contribution in [-0.4, -0.2) is 35.8 Å². The quantitative estimate of drug-likeness (QED) is 0.760. The molecule has 0 aromatic carbocycles. The largest absolute Gasteiger partial charge is 0.497 e. The van der Waals surface area contributed by atoms with Crippen molar-refractivity contribution >= 4 is 5.78 Å². The number of hydrogen-bond donors (Lipinski definition) is 1. The molecule has 0 aromatic rings. The molecule has 0 saturated heterocycles. The zero-order valence-corrected chi connectivity index (χ0v) is 15.3. The molecule has 0 spiro atoms. The van der Waals surface area contributed by atoms with Crippen molar-refractivity contribution in [1.29, 1.82) is 0 Å². The van der Waals surface area contributed by atoms with Gasteiger partial charge in [0.05, 0.1) is 19.3 Å². The Balaban J connectivity index is 3.73. The molecular weight excluding hydrogens is 296 g/mol. The highest BCUT2D eigenvalue weighted by Crippen LogP contribution is 2.43. The van der Waals surface area contributed by atoms with Crippen molar-refractivity contribution < 1.29 is 24.1 Å². The zero-order chi connectivity index (χ0) is 17.9. The molecule has 23 heavy (non-hydrogen) atoms. The van der Waals surface area contributed by atoms with Gasteiger partial charge in [-0.2, -0.15) is 0 Å². The minimum Gasteiger partial charge on any atom is -0.497 e. The summed E-state index contributed by atoms with van der Waals surface area (Å²) in [5.41, 5.74) is -0.750. The molecule has 0 radical (unpaired) electrons. The summed E-state index contributed by atoms with van der Waals surface area (Å²) in [7, 11) is 1.43. The van der Waals surface area contributed by atoms with Crippen molar-refractivity contribution in [2.45, 2.75) is 66.3 Å². The Morgan fingerprint density at radius 3 is 2.04 bits per heavy atom. The molecule has 0 aliphatic heterocycles. The first-order valence-corrected chi connectivity index (χ1v) is 7.85. The Hall–Kier alpha value is -1.75. The molecule has 0 amide bonds. The Morgan fingerprint density at radius 1 is 1.13 bits per heavy atom. The number of ketones is 1. The second-order valence-electron chi connectivity index (χ2n) is 6.16. The third-order valence-corrected chi connectivity index (χ3v) is 3.67. The lowest BCUT2D eigenvalue weighted by molar-refractivity contribution is -0.119. The highest BCUT2D eigenvalue weighted by Gasteiger charge is 2.50. The Bertz CT molecular complexity index is 566. The monoisotopic (exact) mass is 324 g/mol. The summed E-state index contributed by atoms with van der Waals surface area (Å²) in [4.78, 5) is 12.7. The first kappa shape index (κ1) is 19.3. The van der Waals surface area contributed by atoms with Crippen LogP contribution in [0.15, 0.2) is 34.5 Å². The molecule has 0 fully saturated rings. The molecule has 1 N–H and O–H groups in total. The van der Waals surface area contributed by atoms with E-state index in [1.54, 1.807) is 19.9 Å². The third-order valence-electron chi connectivity index (χ3n) is 3.67. The van der Waals surface area contributed by atoms with Gasteiger partial charge in [0.1, 0.15) is 5.76 Å². The SMILES string of the molecule is C/C=C(\C)C1(O)C(OC)=C(C)C(=O)C(OC(C)C)=C1OC(C)C. The molecule has 1 aliphatic rings. The van der Waals surface area contributed by atoms with Gasteiger partial charge in [-0.25, -0.2) is 0 Å². The van der Waals surface area contributed by atoms with E-state index in [9.17, 15) is 9.90 Å². The van der Waals surface area contributed by atoms with Gasteiger partial charge >= 0.3 is 0 Å². The minimum atomic E-state index is -1.66. The molecule has 5 nitrogen and oxygen atoms in total. The number of Topliss-reactive ketones (excluding diaryl/α,β-unsaturated/α-hetero) is 1. The van der Waals surface area contributed by atoms with Gasteiger partial charge in [0.15, 0.2) is 5.76 Å². The van der Waals surface area contributed by atoms with E-state index < -0.39 is 5.60 Å². The Morgan fingerprint density at radius 2 is 1.65 bits per heavy atom. The molecule has 1 atom stereocenters. The predicted octanol–water partition coefficient (Wildman–Crippen LogP) is 3.25. The van der Waals surface area contributed by atoms with Crippen LogP contribution in [0, 0.1) is 0 Å². The van der Waals surface area contributed by atoms with E-state index in [0.29, 0.717) is 11.1 Å². The van der Waals surface area contributed by atoms with Crippen LogP contribution in [0.3, 0.4) is 0 Å². The van der Waals surface area contributed by atoms with Crippen LogP contribution in [0.4, 0.5) is 0 Å². The second kappa shape index (κ2) is 7.21. The van der Waals surface area contributed by atoms with E-state index in [1.807, 2.05) is 34.6 Å². The normalized spacial score (nSPS) is 23.1. The van der Waals surface area contributed by atoms with Crippen molar-refractivity contribution in [3.05, 3.63) is 34.5 Å². The molecule has 0 bridgehead atoms. The smallest absolute Gasteiger partial charge is 0.230 e. The maximum absolute atomic E-state index is 12.7. The highest BCUT2D eigenvalue weighted by atomic mass is 16.5. The van der Waals surface area contributed by atoms with E-state index in [1.165, 1.54) is 7.11 Å². The van der Waals surface area contributed by atoms with Gasteiger partial charge in [-0.3, -0.25) is 4.79 Å².